The van der Waals surface area contributed by atoms with Gasteiger partial charge in [0.25, 0.3) is 0 Å². The van der Waals surface area contributed by atoms with E-state index >= 15 is 0 Å². The van der Waals surface area contributed by atoms with Crippen LogP contribution in [0.25, 0.3) is 0 Å². The van der Waals surface area contributed by atoms with E-state index in [0.29, 0.717) is 0 Å². The third-order valence-corrected chi connectivity index (χ3v) is 2.40. The lowest BCUT2D eigenvalue weighted by molar-refractivity contribution is 0.724. The van der Waals surface area contributed by atoms with Gasteiger partial charge in [-0.05, 0) is 45.1 Å². The highest BCUT2D eigenvalue weighted by Gasteiger charge is 2.10. The summed E-state index contributed by atoms with van der Waals surface area (Å²) in [7, 11) is 0. The van der Waals surface area contributed by atoms with E-state index in [0.717, 1.165) is 12.1 Å². The molecule has 0 bridgehead atoms. The van der Waals surface area contributed by atoms with Crippen molar-refractivity contribution in [3.63, 3.8) is 0 Å². The standard InChI is InChI=1S/C12H19N/c1-4-11-8-6-5-7-9-12(11)13-10(2)3/h4H,2,5-9H2,1,3H3/b11-4-,13-12?. The van der Waals surface area contributed by atoms with Crippen molar-refractivity contribution in [1.82, 2.24) is 0 Å². The molecule has 1 rings (SSSR count). The summed E-state index contributed by atoms with van der Waals surface area (Å²) in [4.78, 5) is 4.50. The molecule has 0 unspecified atom stereocenters. The maximum absolute atomic E-state index is 4.50. The summed E-state index contributed by atoms with van der Waals surface area (Å²) < 4.78 is 0. The first-order valence-electron chi connectivity index (χ1n) is 5.12. The number of hydrogen-bond donors (Lipinski definition) is 0. The van der Waals surface area contributed by atoms with Crippen LogP contribution in [0.15, 0.2) is 28.9 Å². The third-order valence-electron chi connectivity index (χ3n) is 2.40. The molecular formula is C12H19N. The summed E-state index contributed by atoms with van der Waals surface area (Å²) in [5, 5.41) is 0. The van der Waals surface area contributed by atoms with Crippen LogP contribution in [-0.4, -0.2) is 5.71 Å². The van der Waals surface area contributed by atoms with E-state index in [4.69, 9.17) is 0 Å². The summed E-state index contributed by atoms with van der Waals surface area (Å²) >= 11 is 0. The summed E-state index contributed by atoms with van der Waals surface area (Å²) in [6.45, 7) is 7.90. The number of allylic oxidation sites excluding steroid dienone is 3. The molecule has 0 atom stereocenters. The van der Waals surface area contributed by atoms with Gasteiger partial charge >= 0.3 is 0 Å². The van der Waals surface area contributed by atoms with E-state index in [-0.39, 0.29) is 0 Å². The molecule has 72 valence electrons. The maximum atomic E-state index is 4.50. The highest BCUT2D eigenvalue weighted by atomic mass is 14.7. The van der Waals surface area contributed by atoms with Gasteiger partial charge in [-0.25, -0.2) is 0 Å². The molecule has 0 aliphatic heterocycles. The predicted octanol–water partition coefficient (Wildman–Crippen LogP) is 3.87. The SMILES string of the molecule is C=C(C)N=C1CCCCC/C1=C/C. The molecule has 1 heteroatoms. The van der Waals surface area contributed by atoms with Crippen molar-refractivity contribution in [1.29, 1.82) is 0 Å². The molecule has 0 N–H and O–H groups in total. The molecule has 0 aromatic carbocycles. The van der Waals surface area contributed by atoms with E-state index in [2.05, 4.69) is 24.6 Å². The van der Waals surface area contributed by atoms with E-state index in [1.807, 2.05) is 6.92 Å². The first kappa shape index (κ1) is 10.2. The van der Waals surface area contributed by atoms with Gasteiger partial charge in [-0.2, -0.15) is 0 Å². The van der Waals surface area contributed by atoms with E-state index in [9.17, 15) is 0 Å². The molecule has 13 heavy (non-hydrogen) atoms. The second-order valence-corrected chi connectivity index (χ2v) is 3.67. The Labute approximate surface area is 81.3 Å². The Balaban J connectivity index is 2.83. The average molecular weight is 177 g/mol. The van der Waals surface area contributed by atoms with Crippen molar-refractivity contribution in [2.45, 2.75) is 46.0 Å². The number of nitrogens with zero attached hydrogens (tertiary/aromatic N) is 1. The molecule has 0 spiro atoms. The van der Waals surface area contributed by atoms with Gasteiger partial charge in [0.2, 0.25) is 0 Å². The normalized spacial score (nSPS) is 24.8. The lowest BCUT2D eigenvalue weighted by Gasteiger charge is -2.05. The first-order chi connectivity index (χ1) is 6.24. The molecule has 0 saturated heterocycles. The Kier molecular flexibility index (Phi) is 3.94. The Morgan fingerprint density at radius 3 is 2.62 bits per heavy atom. The van der Waals surface area contributed by atoms with Gasteiger partial charge in [-0.15, -0.1) is 0 Å². The van der Waals surface area contributed by atoms with Gasteiger partial charge in [0.05, 0.1) is 0 Å². The summed E-state index contributed by atoms with van der Waals surface area (Å²) in [5.74, 6) is 0. The van der Waals surface area contributed by atoms with Crippen LogP contribution < -0.4 is 0 Å². The summed E-state index contributed by atoms with van der Waals surface area (Å²) in [6.07, 6.45) is 8.47. The van der Waals surface area contributed by atoms with Crippen LogP contribution in [0.5, 0.6) is 0 Å². The van der Waals surface area contributed by atoms with Crippen LogP contribution in [0.1, 0.15) is 46.0 Å². The molecule has 0 heterocycles. The average Bonchev–Trinajstić information content (AvgIpc) is 2.28. The fraction of sp³-hybridized carbons (Fsp3) is 0.583. The van der Waals surface area contributed by atoms with Crippen molar-refractivity contribution >= 4 is 5.71 Å². The summed E-state index contributed by atoms with van der Waals surface area (Å²) in [5.41, 5.74) is 3.63. The predicted molar refractivity (Wildman–Crippen MR) is 59.1 cm³/mol. The molecule has 0 aromatic rings. The fourth-order valence-corrected chi connectivity index (χ4v) is 1.76. The first-order valence-corrected chi connectivity index (χ1v) is 5.12. The van der Waals surface area contributed by atoms with E-state index in [1.165, 1.54) is 37.0 Å². The Morgan fingerprint density at radius 2 is 2.00 bits per heavy atom. The zero-order valence-corrected chi connectivity index (χ0v) is 8.77. The van der Waals surface area contributed by atoms with Crippen molar-refractivity contribution in [3.05, 3.63) is 23.9 Å². The lowest BCUT2D eigenvalue weighted by Crippen LogP contribution is -2.00. The molecule has 1 fully saturated rings. The zero-order valence-electron chi connectivity index (χ0n) is 8.77. The van der Waals surface area contributed by atoms with Crippen LogP contribution in [0.3, 0.4) is 0 Å². The molecule has 1 aliphatic rings. The Hall–Kier alpha value is -0.850. The van der Waals surface area contributed by atoms with E-state index in [1.54, 1.807) is 0 Å². The smallest absolute Gasteiger partial charge is 0.0435 e. The van der Waals surface area contributed by atoms with Gasteiger partial charge in [-0.3, -0.25) is 4.99 Å². The van der Waals surface area contributed by atoms with Crippen LogP contribution in [0.2, 0.25) is 0 Å². The van der Waals surface area contributed by atoms with Crippen LogP contribution >= 0.6 is 0 Å². The topological polar surface area (TPSA) is 12.4 Å². The number of aliphatic imine (C=N–C) groups is 1. The third kappa shape index (κ3) is 3.17. The van der Waals surface area contributed by atoms with Gasteiger partial charge in [0, 0.05) is 11.4 Å². The van der Waals surface area contributed by atoms with Crippen molar-refractivity contribution in [3.8, 4) is 0 Å². The van der Waals surface area contributed by atoms with Gasteiger partial charge in [-0.1, -0.05) is 19.1 Å². The minimum Gasteiger partial charge on any atom is -0.259 e. The molecule has 1 saturated carbocycles. The molecule has 0 radical (unpaired) electrons. The molecule has 1 aliphatic carbocycles. The highest BCUT2D eigenvalue weighted by molar-refractivity contribution is 6.00. The Bertz CT molecular complexity index is 246. The monoisotopic (exact) mass is 177 g/mol. The van der Waals surface area contributed by atoms with Crippen LogP contribution in [0, 0.1) is 0 Å². The van der Waals surface area contributed by atoms with Crippen LogP contribution in [-0.2, 0) is 0 Å². The molecule has 1 nitrogen and oxygen atoms in total. The van der Waals surface area contributed by atoms with E-state index < -0.39 is 0 Å². The number of hydrogen-bond acceptors (Lipinski definition) is 1. The van der Waals surface area contributed by atoms with Crippen molar-refractivity contribution < 1.29 is 0 Å². The molecule has 0 amide bonds. The zero-order chi connectivity index (χ0) is 9.68. The Morgan fingerprint density at radius 1 is 1.31 bits per heavy atom. The van der Waals surface area contributed by atoms with Gasteiger partial charge in [0.1, 0.15) is 0 Å². The minimum absolute atomic E-state index is 0.927. The van der Waals surface area contributed by atoms with Gasteiger partial charge in [0.15, 0.2) is 0 Å². The number of rotatable bonds is 1. The lowest BCUT2D eigenvalue weighted by atomic mass is 10.1. The fourth-order valence-electron chi connectivity index (χ4n) is 1.76. The second kappa shape index (κ2) is 5.00. The van der Waals surface area contributed by atoms with Crippen molar-refractivity contribution in [2.75, 3.05) is 0 Å². The largest absolute Gasteiger partial charge is 0.259 e. The second-order valence-electron chi connectivity index (χ2n) is 3.67. The van der Waals surface area contributed by atoms with Crippen LogP contribution in [0.4, 0.5) is 0 Å². The molecule has 0 aromatic heterocycles. The minimum atomic E-state index is 0.927. The maximum Gasteiger partial charge on any atom is 0.0435 e. The quantitative estimate of drug-likeness (QED) is 0.539. The highest BCUT2D eigenvalue weighted by Crippen LogP contribution is 2.21. The van der Waals surface area contributed by atoms with Crippen molar-refractivity contribution in [2.24, 2.45) is 4.99 Å². The summed E-state index contributed by atoms with van der Waals surface area (Å²) in [6, 6.07) is 0. The molecular weight excluding hydrogens is 158 g/mol. The van der Waals surface area contributed by atoms with Gasteiger partial charge < -0.3 is 0 Å².